The molecule has 2 aromatic carbocycles. The van der Waals surface area contributed by atoms with Crippen LogP contribution in [0.1, 0.15) is 26.3 Å². The van der Waals surface area contributed by atoms with Gasteiger partial charge in [0.1, 0.15) is 6.54 Å². The summed E-state index contributed by atoms with van der Waals surface area (Å²) in [6, 6.07) is 15.3. The lowest BCUT2D eigenvalue weighted by Gasteiger charge is -2.24. The van der Waals surface area contributed by atoms with Gasteiger partial charge in [-0.1, -0.05) is 17.7 Å². The summed E-state index contributed by atoms with van der Waals surface area (Å²) in [7, 11) is 0. The Labute approximate surface area is 155 Å². The highest BCUT2D eigenvalue weighted by Gasteiger charge is 2.16. The summed E-state index contributed by atoms with van der Waals surface area (Å²) >= 11 is 0. The van der Waals surface area contributed by atoms with Crippen LogP contribution in [0.2, 0.25) is 0 Å². The normalized spacial score (nSPS) is 10.3. The van der Waals surface area contributed by atoms with Crippen molar-refractivity contribution in [2.75, 3.05) is 34.8 Å². The molecule has 0 aliphatic rings. The largest absolute Gasteiger partial charge is 0.372 e. The lowest BCUT2D eigenvalue weighted by atomic mass is 10.2. The Hall–Kier alpha value is -2.82. The minimum atomic E-state index is -0.225. The van der Waals surface area contributed by atoms with Crippen LogP contribution in [-0.2, 0) is 9.59 Å². The number of carbonyl (C=O) groups excluding carboxylic acids is 2. The summed E-state index contributed by atoms with van der Waals surface area (Å²) in [5, 5.41) is 2.83. The van der Waals surface area contributed by atoms with Gasteiger partial charge < -0.3 is 15.1 Å². The van der Waals surface area contributed by atoms with Crippen molar-refractivity contribution in [2.24, 2.45) is 0 Å². The average Bonchev–Trinajstić information content (AvgIpc) is 2.63. The Kier molecular flexibility index (Phi) is 6.78. The summed E-state index contributed by atoms with van der Waals surface area (Å²) in [4.78, 5) is 28.1. The van der Waals surface area contributed by atoms with Crippen LogP contribution < -0.4 is 15.1 Å². The maximum absolute atomic E-state index is 12.3. The third-order valence-electron chi connectivity index (χ3n) is 4.31. The van der Waals surface area contributed by atoms with Gasteiger partial charge in [0.2, 0.25) is 11.8 Å². The molecule has 0 fully saturated rings. The minimum Gasteiger partial charge on any atom is -0.372 e. The maximum atomic E-state index is 12.3. The topological polar surface area (TPSA) is 52.6 Å². The lowest BCUT2D eigenvalue weighted by Crippen LogP contribution is -2.36. The molecule has 2 rings (SSSR count). The predicted molar refractivity (Wildman–Crippen MR) is 108 cm³/mol. The summed E-state index contributed by atoms with van der Waals surface area (Å²) < 4.78 is 0. The SMILES string of the molecule is CCN(CC)c1ccc(N(CC(=O)Nc2ccc(C)cc2)C(C)=O)cc1. The van der Waals surface area contributed by atoms with E-state index in [0.29, 0.717) is 5.69 Å². The third kappa shape index (κ3) is 5.09. The first-order chi connectivity index (χ1) is 12.4. The van der Waals surface area contributed by atoms with Gasteiger partial charge in [0.25, 0.3) is 0 Å². The van der Waals surface area contributed by atoms with Gasteiger partial charge in [-0.25, -0.2) is 0 Å². The van der Waals surface area contributed by atoms with Crippen LogP contribution in [0.15, 0.2) is 48.5 Å². The van der Waals surface area contributed by atoms with E-state index in [9.17, 15) is 9.59 Å². The van der Waals surface area contributed by atoms with Crippen molar-refractivity contribution < 1.29 is 9.59 Å². The molecule has 5 nitrogen and oxygen atoms in total. The van der Waals surface area contributed by atoms with Crippen molar-refractivity contribution in [2.45, 2.75) is 27.7 Å². The van der Waals surface area contributed by atoms with Crippen molar-refractivity contribution in [1.82, 2.24) is 0 Å². The molecule has 138 valence electrons. The summed E-state index contributed by atoms with van der Waals surface area (Å²) in [5.74, 6) is -0.392. The Balaban J connectivity index is 2.09. The average molecular weight is 353 g/mol. The minimum absolute atomic E-state index is 0.0200. The quantitative estimate of drug-likeness (QED) is 0.823. The summed E-state index contributed by atoms with van der Waals surface area (Å²) in [6.07, 6.45) is 0. The molecule has 2 amide bonds. The van der Waals surface area contributed by atoms with Crippen molar-refractivity contribution >= 4 is 28.9 Å². The second-order valence-electron chi connectivity index (χ2n) is 6.21. The molecular weight excluding hydrogens is 326 g/mol. The highest BCUT2D eigenvalue weighted by molar-refractivity contribution is 6.01. The van der Waals surface area contributed by atoms with E-state index in [1.54, 1.807) is 0 Å². The van der Waals surface area contributed by atoms with Gasteiger partial charge >= 0.3 is 0 Å². The number of aryl methyl sites for hydroxylation is 1. The molecule has 2 aromatic rings. The maximum Gasteiger partial charge on any atom is 0.244 e. The van der Waals surface area contributed by atoms with E-state index >= 15 is 0 Å². The highest BCUT2D eigenvalue weighted by Crippen LogP contribution is 2.21. The number of amides is 2. The number of nitrogens with one attached hydrogen (secondary N) is 1. The second kappa shape index (κ2) is 9.04. The first-order valence-electron chi connectivity index (χ1n) is 8.94. The number of hydrogen-bond donors (Lipinski definition) is 1. The lowest BCUT2D eigenvalue weighted by molar-refractivity contribution is -0.120. The van der Waals surface area contributed by atoms with Crippen LogP contribution in [0.4, 0.5) is 17.1 Å². The van der Waals surface area contributed by atoms with Crippen LogP contribution in [-0.4, -0.2) is 31.4 Å². The molecular formula is C21H27N3O2. The molecule has 0 aliphatic carbocycles. The number of anilines is 3. The predicted octanol–water partition coefficient (Wildman–Crippen LogP) is 3.83. The van der Waals surface area contributed by atoms with Gasteiger partial charge in [0, 0.05) is 37.1 Å². The third-order valence-corrected chi connectivity index (χ3v) is 4.31. The fourth-order valence-electron chi connectivity index (χ4n) is 2.80. The molecule has 0 aromatic heterocycles. The fourth-order valence-corrected chi connectivity index (χ4v) is 2.80. The molecule has 26 heavy (non-hydrogen) atoms. The zero-order valence-corrected chi connectivity index (χ0v) is 16.0. The summed E-state index contributed by atoms with van der Waals surface area (Å²) in [6.45, 7) is 9.50. The summed E-state index contributed by atoms with van der Waals surface area (Å²) in [5.41, 5.74) is 3.67. The molecule has 0 heterocycles. The van der Waals surface area contributed by atoms with Crippen molar-refractivity contribution in [1.29, 1.82) is 0 Å². The molecule has 0 radical (unpaired) electrons. The van der Waals surface area contributed by atoms with Crippen LogP contribution in [0.5, 0.6) is 0 Å². The smallest absolute Gasteiger partial charge is 0.244 e. The Bertz CT molecular complexity index is 735. The first-order valence-corrected chi connectivity index (χ1v) is 8.94. The Morgan fingerprint density at radius 3 is 1.92 bits per heavy atom. The van der Waals surface area contributed by atoms with Crippen LogP contribution in [0, 0.1) is 6.92 Å². The number of carbonyl (C=O) groups is 2. The van der Waals surface area contributed by atoms with E-state index in [2.05, 4.69) is 24.1 Å². The van der Waals surface area contributed by atoms with Gasteiger partial charge in [-0.05, 0) is 57.2 Å². The number of hydrogen-bond acceptors (Lipinski definition) is 3. The van der Waals surface area contributed by atoms with Crippen molar-refractivity contribution in [3.8, 4) is 0 Å². The van der Waals surface area contributed by atoms with E-state index in [4.69, 9.17) is 0 Å². The molecule has 0 bridgehead atoms. The van der Waals surface area contributed by atoms with Crippen LogP contribution in [0.25, 0.3) is 0 Å². The van der Waals surface area contributed by atoms with Crippen LogP contribution >= 0.6 is 0 Å². The molecule has 0 spiro atoms. The zero-order valence-electron chi connectivity index (χ0n) is 16.0. The standard InChI is InChI=1S/C21H27N3O2/c1-5-23(6-2)19-11-13-20(14-12-19)24(17(4)25)15-21(26)22-18-9-7-16(3)8-10-18/h7-14H,5-6,15H2,1-4H3,(H,22,26). The molecule has 0 saturated heterocycles. The van der Waals surface area contributed by atoms with E-state index in [0.717, 1.165) is 30.0 Å². The van der Waals surface area contributed by atoms with E-state index in [-0.39, 0.29) is 18.4 Å². The van der Waals surface area contributed by atoms with E-state index < -0.39 is 0 Å². The Morgan fingerprint density at radius 1 is 0.885 bits per heavy atom. The molecule has 0 aliphatic heterocycles. The number of nitrogens with zero attached hydrogens (tertiary/aromatic N) is 2. The van der Waals surface area contributed by atoms with Gasteiger partial charge in [0.05, 0.1) is 0 Å². The van der Waals surface area contributed by atoms with E-state index in [1.807, 2.05) is 55.5 Å². The Morgan fingerprint density at radius 2 is 1.42 bits per heavy atom. The van der Waals surface area contributed by atoms with Crippen LogP contribution in [0.3, 0.4) is 0 Å². The molecule has 0 unspecified atom stereocenters. The van der Waals surface area contributed by atoms with Gasteiger partial charge in [-0.2, -0.15) is 0 Å². The molecule has 0 atom stereocenters. The monoisotopic (exact) mass is 353 g/mol. The van der Waals surface area contributed by atoms with Crippen molar-refractivity contribution in [3.63, 3.8) is 0 Å². The van der Waals surface area contributed by atoms with Gasteiger partial charge in [0.15, 0.2) is 0 Å². The molecule has 0 saturated carbocycles. The number of benzene rings is 2. The van der Waals surface area contributed by atoms with Gasteiger partial charge in [-0.15, -0.1) is 0 Å². The molecule has 5 heteroatoms. The number of rotatable bonds is 7. The molecule has 1 N–H and O–H groups in total. The zero-order chi connectivity index (χ0) is 19.1. The first kappa shape index (κ1) is 19.5. The van der Waals surface area contributed by atoms with Crippen molar-refractivity contribution in [3.05, 3.63) is 54.1 Å². The second-order valence-corrected chi connectivity index (χ2v) is 6.21. The van der Waals surface area contributed by atoms with Gasteiger partial charge in [-0.3, -0.25) is 9.59 Å². The fraction of sp³-hybridized carbons (Fsp3) is 0.333. The van der Waals surface area contributed by atoms with E-state index in [1.165, 1.54) is 11.8 Å². The highest BCUT2D eigenvalue weighted by atomic mass is 16.2.